The van der Waals surface area contributed by atoms with Gasteiger partial charge in [0.2, 0.25) is 0 Å². The molecule has 24 heavy (non-hydrogen) atoms. The Morgan fingerprint density at radius 1 is 1.17 bits per heavy atom. The van der Waals surface area contributed by atoms with Crippen LogP contribution in [-0.4, -0.2) is 26.1 Å². The Hall–Kier alpha value is -2.76. The maximum absolute atomic E-state index is 13.0. The number of rotatable bonds is 3. The molecule has 1 aromatic carbocycles. The lowest BCUT2D eigenvalue weighted by atomic mass is 10.2. The molecule has 0 unspecified atom stereocenters. The van der Waals surface area contributed by atoms with Crippen molar-refractivity contribution in [1.82, 2.24) is 19.5 Å². The smallest absolute Gasteiger partial charge is 0.294 e. The van der Waals surface area contributed by atoms with Crippen molar-refractivity contribution in [3.63, 3.8) is 0 Å². The number of anilines is 1. The largest absolute Gasteiger partial charge is 0.342 e. The third-order valence-electron chi connectivity index (χ3n) is 4.56. The van der Waals surface area contributed by atoms with Gasteiger partial charge in [0.1, 0.15) is 0 Å². The minimum absolute atomic E-state index is 0.0119. The number of hydrogen-bond acceptors (Lipinski definition) is 5. The molecule has 2 aromatic heterocycles. The number of para-hydroxylation sites is 2. The summed E-state index contributed by atoms with van der Waals surface area (Å²) in [6.45, 7) is 3.40. The van der Waals surface area contributed by atoms with Crippen molar-refractivity contribution >= 4 is 16.9 Å². The molecule has 0 aliphatic carbocycles. The van der Waals surface area contributed by atoms with Gasteiger partial charge in [0.15, 0.2) is 11.6 Å². The van der Waals surface area contributed by atoms with Crippen LogP contribution in [0.4, 0.5) is 5.82 Å². The van der Waals surface area contributed by atoms with Gasteiger partial charge in [-0.05, 0) is 38.0 Å². The summed E-state index contributed by atoms with van der Waals surface area (Å²) in [6.07, 6.45) is 5.43. The van der Waals surface area contributed by atoms with Gasteiger partial charge in [-0.1, -0.05) is 12.1 Å². The Kier molecular flexibility index (Phi) is 3.72. The highest BCUT2D eigenvalue weighted by molar-refractivity contribution is 5.76. The molecule has 1 aliphatic heterocycles. The van der Waals surface area contributed by atoms with Crippen molar-refractivity contribution in [2.24, 2.45) is 0 Å². The van der Waals surface area contributed by atoms with Gasteiger partial charge in [0.25, 0.3) is 5.56 Å². The first-order chi connectivity index (χ1) is 11.8. The van der Waals surface area contributed by atoms with Gasteiger partial charge in [0.05, 0.1) is 17.1 Å². The second kappa shape index (κ2) is 6.03. The quantitative estimate of drug-likeness (QED) is 0.742. The molecule has 1 atom stereocenters. The molecule has 0 radical (unpaired) electrons. The first kappa shape index (κ1) is 14.8. The molecular weight excluding hydrogens is 302 g/mol. The van der Waals surface area contributed by atoms with Gasteiger partial charge >= 0.3 is 0 Å². The Balaban J connectivity index is 1.87. The van der Waals surface area contributed by atoms with Crippen LogP contribution in [0.1, 0.15) is 31.6 Å². The number of hydrogen-bond donors (Lipinski definition) is 0. The van der Waals surface area contributed by atoms with Crippen molar-refractivity contribution in [3.05, 3.63) is 58.9 Å². The van der Waals surface area contributed by atoms with Gasteiger partial charge in [-0.2, -0.15) is 0 Å². The molecule has 122 valence electrons. The molecule has 1 aliphatic rings. The molecular formula is C18H19N5O. The summed E-state index contributed by atoms with van der Waals surface area (Å²) in [5.41, 5.74) is 1.67. The average Bonchev–Trinajstić information content (AvgIpc) is 3.11. The van der Waals surface area contributed by atoms with Crippen molar-refractivity contribution in [3.8, 4) is 0 Å². The molecule has 6 heteroatoms. The molecule has 0 saturated carbocycles. The summed E-state index contributed by atoms with van der Waals surface area (Å²) in [7, 11) is 0. The molecule has 6 nitrogen and oxygen atoms in total. The summed E-state index contributed by atoms with van der Waals surface area (Å²) in [5.74, 6) is 1.26. The van der Waals surface area contributed by atoms with Crippen molar-refractivity contribution in [2.75, 3.05) is 11.4 Å². The molecule has 0 amide bonds. The average molecular weight is 321 g/mol. The Bertz CT molecular complexity index is 922. The zero-order chi connectivity index (χ0) is 16.5. The summed E-state index contributed by atoms with van der Waals surface area (Å²) in [6, 6.07) is 9.60. The zero-order valence-corrected chi connectivity index (χ0v) is 13.6. The van der Waals surface area contributed by atoms with E-state index in [1.54, 1.807) is 23.0 Å². The molecule has 1 saturated heterocycles. The predicted molar refractivity (Wildman–Crippen MR) is 93.0 cm³/mol. The highest BCUT2D eigenvalue weighted by Gasteiger charge is 2.31. The van der Waals surface area contributed by atoms with Crippen LogP contribution in [0.2, 0.25) is 0 Å². The molecule has 3 aromatic rings. The Labute approximate surface area is 139 Å². The summed E-state index contributed by atoms with van der Waals surface area (Å²) in [4.78, 5) is 28.5. The maximum atomic E-state index is 13.0. The number of aromatic nitrogens is 4. The van der Waals surface area contributed by atoms with E-state index in [1.165, 1.54) is 0 Å². The van der Waals surface area contributed by atoms with E-state index in [4.69, 9.17) is 0 Å². The minimum atomic E-state index is -0.0426. The van der Waals surface area contributed by atoms with Crippen LogP contribution in [-0.2, 0) is 6.54 Å². The molecule has 4 rings (SSSR count). The highest BCUT2D eigenvalue weighted by Crippen LogP contribution is 2.32. The fourth-order valence-electron chi connectivity index (χ4n) is 3.45. The summed E-state index contributed by atoms with van der Waals surface area (Å²) in [5, 5.41) is 0. The fourth-order valence-corrected chi connectivity index (χ4v) is 3.45. The van der Waals surface area contributed by atoms with E-state index in [0.29, 0.717) is 12.4 Å². The summed E-state index contributed by atoms with van der Waals surface area (Å²) < 4.78 is 1.79. The molecule has 0 spiro atoms. The van der Waals surface area contributed by atoms with Crippen molar-refractivity contribution in [1.29, 1.82) is 0 Å². The number of nitrogens with zero attached hydrogens (tertiary/aromatic N) is 5. The van der Waals surface area contributed by atoms with Gasteiger partial charge in [-0.25, -0.2) is 15.0 Å². The normalized spacial score (nSPS) is 17.5. The van der Waals surface area contributed by atoms with Gasteiger partial charge in [-0.3, -0.25) is 4.79 Å². The van der Waals surface area contributed by atoms with E-state index in [-0.39, 0.29) is 11.6 Å². The van der Waals surface area contributed by atoms with Gasteiger partial charge < -0.3 is 9.47 Å². The second-order valence-corrected chi connectivity index (χ2v) is 5.93. The predicted octanol–water partition coefficient (Wildman–Crippen LogP) is 2.55. The number of fused-ring (bicyclic) bond motifs is 1. The van der Waals surface area contributed by atoms with Crippen LogP contribution in [0.5, 0.6) is 0 Å². The minimum Gasteiger partial charge on any atom is -0.342 e. The van der Waals surface area contributed by atoms with E-state index < -0.39 is 0 Å². The topological polar surface area (TPSA) is 63.9 Å². The van der Waals surface area contributed by atoms with Gasteiger partial charge in [-0.15, -0.1) is 0 Å². The van der Waals surface area contributed by atoms with Gasteiger partial charge in [0, 0.05) is 25.5 Å². The Morgan fingerprint density at radius 2 is 1.96 bits per heavy atom. The van der Waals surface area contributed by atoms with Crippen LogP contribution >= 0.6 is 0 Å². The monoisotopic (exact) mass is 321 g/mol. The highest BCUT2D eigenvalue weighted by atomic mass is 16.1. The van der Waals surface area contributed by atoms with E-state index >= 15 is 0 Å². The fraction of sp³-hybridized carbons (Fsp3) is 0.333. The SMILES string of the molecule is CCn1c(=O)c(N2CCC[C@H]2c2ncccn2)nc2ccccc21. The molecule has 3 heterocycles. The molecule has 0 bridgehead atoms. The van der Waals surface area contributed by atoms with Crippen molar-refractivity contribution in [2.45, 2.75) is 32.4 Å². The van der Waals surface area contributed by atoms with E-state index in [2.05, 4.69) is 19.9 Å². The number of benzene rings is 1. The first-order valence-corrected chi connectivity index (χ1v) is 8.32. The van der Waals surface area contributed by atoms with Crippen LogP contribution in [0.3, 0.4) is 0 Å². The third-order valence-corrected chi connectivity index (χ3v) is 4.56. The standard InChI is InChI=1S/C18H19N5O/c1-2-22-14-8-4-3-7-13(14)21-17(18(22)24)23-12-5-9-15(23)16-19-10-6-11-20-16/h3-4,6-8,10-11,15H,2,5,9,12H2,1H3/t15-/m0/s1. The third kappa shape index (κ3) is 2.35. The van der Waals surface area contributed by atoms with Crippen LogP contribution in [0, 0.1) is 0 Å². The number of aryl methyl sites for hydroxylation is 1. The van der Waals surface area contributed by atoms with E-state index in [0.717, 1.165) is 36.2 Å². The molecule has 1 fully saturated rings. The molecule has 0 N–H and O–H groups in total. The lowest BCUT2D eigenvalue weighted by molar-refractivity contribution is 0.650. The van der Waals surface area contributed by atoms with Crippen LogP contribution in [0.25, 0.3) is 11.0 Å². The van der Waals surface area contributed by atoms with Crippen LogP contribution in [0.15, 0.2) is 47.5 Å². The summed E-state index contributed by atoms with van der Waals surface area (Å²) >= 11 is 0. The van der Waals surface area contributed by atoms with Crippen LogP contribution < -0.4 is 10.5 Å². The van der Waals surface area contributed by atoms with E-state index in [9.17, 15) is 4.79 Å². The van der Waals surface area contributed by atoms with E-state index in [1.807, 2.05) is 31.2 Å². The second-order valence-electron chi connectivity index (χ2n) is 5.93. The lowest BCUT2D eigenvalue weighted by Gasteiger charge is -2.25. The maximum Gasteiger partial charge on any atom is 0.294 e. The first-order valence-electron chi connectivity index (χ1n) is 8.32. The lowest BCUT2D eigenvalue weighted by Crippen LogP contribution is -2.34. The van der Waals surface area contributed by atoms with Crippen molar-refractivity contribution < 1.29 is 0 Å². The Morgan fingerprint density at radius 3 is 2.75 bits per heavy atom. The zero-order valence-electron chi connectivity index (χ0n) is 13.6.